The maximum absolute atomic E-state index is 12.9. The maximum Gasteiger partial charge on any atom is 0.247 e. The van der Waals surface area contributed by atoms with Crippen LogP contribution in [0.15, 0.2) is 59.7 Å². The normalized spacial score (nSPS) is 11.4. The van der Waals surface area contributed by atoms with Crippen molar-refractivity contribution in [2.75, 3.05) is 0 Å². The van der Waals surface area contributed by atoms with Crippen LogP contribution in [-0.2, 0) is 0 Å². The van der Waals surface area contributed by atoms with Gasteiger partial charge in [0.05, 0.1) is 0 Å². The number of nitrogens with zero attached hydrogens (tertiary/aromatic N) is 2. The van der Waals surface area contributed by atoms with Gasteiger partial charge in [0, 0.05) is 17.2 Å². The van der Waals surface area contributed by atoms with E-state index in [0.29, 0.717) is 10.5 Å². The summed E-state index contributed by atoms with van der Waals surface area (Å²) in [5, 5.41) is 15.3. The average Bonchev–Trinajstić information content (AvgIpc) is 2.30. The third-order valence-corrected chi connectivity index (χ3v) is 1.99. The summed E-state index contributed by atoms with van der Waals surface area (Å²) < 4.78 is 12.9. The van der Waals surface area contributed by atoms with E-state index >= 15 is 0 Å². The first-order chi connectivity index (χ1) is 7.75. The lowest BCUT2D eigenvalue weighted by atomic mass is 10.3. The minimum absolute atomic E-state index is 0.170. The second-order valence-corrected chi connectivity index (χ2v) is 3.19. The summed E-state index contributed by atoms with van der Waals surface area (Å²) in [5.41, 5.74) is 0.700. The fourth-order valence-electron chi connectivity index (χ4n) is 1.25. The topological polar surface area (TPSA) is 38.4 Å². The van der Waals surface area contributed by atoms with E-state index in [4.69, 9.17) is 0 Å². The fraction of sp³-hybridized carbons (Fsp3) is 0. The van der Waals surface area contributed by atoms with Crippen LogP contribution in [0.2, 0.25) is 0 Å². The molecule has 0 aliphatic heterocycles. The van der Waals surface area contributed by atoms with E-state index in [2.05, 4.69) is 5.11 Å². The molecular formula is C12H9FN2O. The van der Waals surface area contributed by atoms with Gasteiger partial charge >= 0.3 is 0 Å². The minimum Gasteiger partial charge on any atom is -0.594 e. The van der Waals surface area contributed by atoms with Gasteiger partial charge in [-0.2, -0.15) is 0 Å². The predicted molar refractivity (Wildman–Crippen MR) is 58.2 cm³/mol. The lowest BCUT2D eigenvalue weighted by Crippen LogP contribution is -1.90. The predicted octanol–water partition coefficient (Wildman–Crippen LogP) is 3.75. The highest BCUT2D eigenvalue weighted by molar-refractivity contribution is 5.35. The Morgan fingerprint density at radius 3 is 2.44 bits per heavy atom. The van der Waals surface area contributed by atoms with Gasteiger partial charge in [0.25, 0.3) is 0 Å². The summed E-state index contributed by atoms with van der Waals surface area (Å²) in [5.74, 6) is -0.457. The molecule has 0 unspecified atom stereocenters. The zero-order chi connectivity index (χ0) is 11.4. The average molecular weight is 216 g/mol. The molecule has 0 bridgehead atoms. The summed E-state index contributed by atoms with van der Waals surface area (Å²) in [6, 6.07) is 14.2. The molecule has 0 amide bonds. The van der Waals surface area contributed by atoms with Crippen molar-refractivity contribution in [3.05, 3.63) is 65.6 Å². The Morgan fingerprint density at radius 1 is 1.00 bits per heavy atom. The quantitative estimate of drug-likeness (QED) is 0.428. The molecule has 0 atom stereocenters. The first-order valence-corrected chi connectivity index (χ1v) is 4.75. The van der Waals surface area contributed by atoms with Gasteiger partial charge < -0.3 is 5.21 Å². The monoisotopic (exact) mass is 216 g/mol. The molecule has 0 aliphatic rings. The van der Waals surface area contributed by atoms with Gasteiger partial charge in [-0.3, -0.25) is 0 Å². The molecule has 0 aromatic heterocycles. The van der Waals surface area contributed by atoms with E-state index in [1.165, 1.54) is 18.2 Å². The summed E-state index contributed by atoms with van der Waals surface area (Å²) in [6.07, 6.45) is 0. The van der Waals surface area contributed by atoms with Crippen molar-refractivity contribution in [3.63, 3.8) is 0 Å². The molecule has 16 heavy (non-hydrogen) atoms. The number of hydrogen-bond donors (Lipinski definition) is 0. The first-order valence-electron chi connectivity index (χ1n) is 4.75. The summed E-state index contributed by atoms with van der Waals surface area (Å²) in [6.45, 7) is 0. The Labute approximate surface area is 92.1 Å². The van der Waals surface area contributed by atoms with Crippen LogP contribution in [-0.4, -0.2) is 4.86 Å². The Morgan fingerprint density at radius 2 is 1.75 bits per heavy atom. The molecule has 80 valence electrons. The maximum atomic E-state index is 12.9. The van der Waals surface area contributed by atoms with Gasteiger partial charge in [0.15, 0.2) is 0 Å². The van der Waals surface area contributed by atoms with Crippen molar-refractivity contribution in [1.29, 1.82) is 0 Å². The van der Waals surface area contributed by atoms with E-state index in [9.17, 15) is 9.60 Å². The Balaban J connectivity index is 2.32. The number of rotatable bonds is 2. The zero-order valence-electron chi connectivity index (χ0n) is 8.38. The Kier molecular flexibility index (Phi) is 2.91. The molecule has 0 radical (unpaired) electrons. The molecule has 3 nitrogen and oxygen atoms in total. The molecule has 0 heterocycles. The standard InChI is InChI=1S/C12H9FN2O/c13-10-5-4-8-12(9-10)15(16)14-11-6-2-1-3-7-11/h1-9H. The van der Waals surface area contributed by atoms with Crippen molar-refractivity contribution in [2.24, 2.45) is 5.11 Å². The zero-order valence-corrected chi connectivity index (χ0v) is 8.38. The highest BCUT2D eigenvalue weighted by Crippen LogP contribution is 2.17. The van der Waals surface area contributed by atoms with Gasteiger partial charge in [-0.1, -0.05) is 29.1 Å². The van der Waals surface area contributed by atoms with Crippen LogP contribution < -0.4 is 0 Å². The number of benzene rings is 2. The van der Waals surface area contributed by atoms with E-state index in [1.54, 1.807) is 24.3 Å². The third kappa shape index (κ3) is 2.42. The van der Waals surface area contributed by atoms with Crippen molar-refractivity contribution >= 4 is 11.4 Å². The molecule has 0 fully saturated rings. The smallest absolute Gasteiger partial charge is 0.247 e. The molecule has 0 saturated heterocycles. The molecule has 2 rings (SSSR count). The van der Waals surface area contributed by atoms with Crippen molar-refractivity contribution in [2.45, 2.75) is 0 Å². The van der Waals surface area contributed by atoms with Crippen LogP contribution in [0.3, 0.4) is 0 Å². The summed E-state index contributed by atoms with van der Waals surface area (Å²) in [4.78, 5) is 0.401. The highest BCUT2D eigenvalue weighted by Gasteiger charge is 2.04. The number of hydrogen-bond acceptors (Lipinski definition) is 2. The van der Waals surface area contributed by atoms with Crippen molar-refractivity contribution < 1.29 is 9.25 Å². The lowest BCUT2D eigenvalue weighted by molar-refractivity contribution is -0.435. The Hall–Kier alpha value is -2.23. The highest BCUT2D eigenvalue weighted by atomic mass is 19.1. The van der Waals surface area contributed by atoms with Crippen LogP contribution in [0.4, 0.5) is 15.8 Å². The third-order valence-electron chi connectivity index (χ3n) is 1.99. The van der Waals surface area contributed by atoms with Crippen LogP contribution in [0.1, 0.15) is 0 Å². The van der Waals surface area contributed by atoms with E-state index in [0.717, 1.165) is 6.07 Å². The largest absolute Gasteiger partial charge is 0.594 e. The molecule has 0 saturated carbocycles. The van der Waals surface area contributed by atoms with Crippen LogP contribution >= 0.6 is 0 Å². The van der Waals surface area contributed by atoms with Gasteiger partial charge in [0.2, 0.25) is 5.69 Å². The first kappa shape index (κ1) is 10.3. The van der Waals surface area contributed by atoms with Gasteiger partial charge in [-0.25, -0.2) is 4.39 Å². The van der Waals surface area contributed by atoms with Gasteiger partial charge in [-0.15, -0.1) is 0 Å². The van der Waals surface area contributed by atoms with Crippen LogP contribution in [0.5, 0.6) is 0 Å². The fourth-order valence-corrected chi connectivity index (χ4v) is 1.25. The van der Waals surface area contributed by atoms with E-state index in [-0.39, 0.29) is 5.69 Å². The van der Waals surface area contributed by atoms with E-state index < -0.39 is 5.82 Å². The minimum atomic E-state index is -0.457. The van der Waals surface area contributed by atoms with E-state index in [1.807, 2.05) is 6.07 Å². The molecule has 4 heteroatoms. The molecule has 2 aromatic rings. The number of halogens is 1. The van der Waals surface area contributed by atoms with Crippen molar-refractivity contribution in [3.8, 4) is 0 Å². The second-order valence-electron chi connectivity index (χ2n) is 3.19. The SMILES string of the molecule is [O-][N+](=Nc1ccccc1)c1cccc(F)c1. The van der Waals surface area contributed by atoms with Gasteiger partial charge in [0.1, 0.15) is 11.5 Å². The number of azo groups is 1. The van der Waals surface area contributed by atoms with Crippen LogP contribution in [0.25, 0.3) is 0 Å². The summed E-state index contributed by atoms with van der Waals surface area (Å²) in [7, 11) is 0. The van der Waals surface area contributed by atoms with Crippen molar-refractivity contribution in [1.82, 2.24) is 0 Å². The lowest BCUT2D eigenvalue weighted by Gasteiger charge is -1.99. The molecule has 0 aliphatic carbocycles. The summed E-state index contributed by atoms with van der Waals surface area (Å²) >= 11 is 0. The Bertz CT molecular complexity index is 511. The molecule has 0 N–H and O–H groups in total. The van der Waals surface area contributed by atoms with Gasteiger partial charge in [-0.05, 0) is 18.2 Å². The molecule has 2 aromatic carbocycles. The second kappa shape index (κ2) is 4.53. The van der Waals surface area contributed by atoms with Crippen LogP contribution in [0, 0.1) is 11.0 Å². The molecular weight excluding hydrogens is 207 g/mol. The molecule has 0 spiro atoms.